The number of ether oxygens (including phenoxy) is 1. The molecule has 1 saturated heterocycles. The second kappa shape index (κ2) is 2.96. The van der Waals surface area contributed by atoms with Crippen LogP contribution in [0.5, 0.6) is 0 Å². The maximum atomic E-state index is 5.88. The molecular formula is C11H21NO. The van der Waals surface area contributed by atoms with Crippen LogP contribution in [0.2, 0.25) is 0 Å². The highest BCUT2D eigenvalue weighted by molar-refractivity contribution is 5.14. The summed E-state index contributed by atoms with van der Waals surface area (Å²) in [5, 5.41) is 3.59. The Kier molecular flexibility index (Phi) is 2.16. The molecule has 2 aliphatic rings. The van der Waals surface area contributed by atoms with Crippen molar-refractivity contribution in [3.05, 3.63) is 0 Å². The van der Waals surface area contributed by atoms with Crippen LogP contribution < -0.4 is 5.32 Å². The van der Waals surface area contributed by atoms with E-state index in [4.69, 9.17) is 4.74 Å². The van der Waals surface area contributed by atoms with E-state index in [9.17, 15) is 0 Å². The zero-order valence-electron chi connectivity index (χ0n) is 9.02. The monoisotopic (exact) mass is 183 g/mol. The molecule has 0 aromatic heterocycles. The van der Waals surface area contributed by atoms with Crippen LogP contribution in [0.1, 0.15) is 40.0 Å². The Morgan fingerprint density at radius 1 is 1.46 bits per heavy atom. The molecule has 2 nitrogen and oxygen atoms in total. The molecule has 2 rings (SSSR count). The third-order valence-corrected chi connectivity index (χ3v) is 3.51. The van der Waals surface area contributed by atoms with Crippen LogP contribution in [0, 0.1) is 11.3 Å². The summed E-state index contributed by atoms with van der Waals surface area (Å²) in [4.78, 5) is 0. The van der Waals surface area contributed by atoms with Crippen molar-refractivity contribution >= 4 is 0 Å². The number of rotatable bonds is 3. The zero-order valence-corrected chi connectivity index (χ0v) is 9.02. The summed E-state index contributed by atoms with van der Waals surface area (Å²) in [7, 11) is 0. The predicted octanol–water partition coefficient (Wildman–Crippen LogP) is 2.15. The fourth-order valence-corrected chi connectivity index (χ4v) is 2.43. The van der Waals surface area contributed by atoms with Crippen molar-refractivity contribution in [2.75, 3.05) is 13.2 Å². The van der Waals surface area contributed by atoms with Gasteiger partial charge in [0.05, 0.1) is 0 Å². The van der Waals surface area contributed by atoms with Crippen molar-refractivity contribution in [3.8, 4) is 0 Å². The highest BCUT2D eigenvalue weighted by atomic mass is 16.5. The van der Waals surface area contributed by atoms with Gasteiger partial charge >= 0.3 is 0 Å². The molecule has 2 fully saturated rings. The molecule has 1 aliphatic carbocycles. The molecule has 1 aliphatic heterocycles. The van der Waals surface area contributed by atoms with Gasteiger partial charge < -0.3 is 4.74 Å². The molecule has 0 bridgehead atoms. The second-order valence-corrected chi connectivity index (χ2v) is 5.29. The van der Waals surface area contributed by atoms with Crippen LogP contribution in [-0.2, 0) is 4.74 Å². The molecule has 0 aromatic rings. The van der Waals surface area contributed by atoms with Crippen LogP contribution in [0.15, 0.2) is 0 Å². The van der Waals surface area contributed by atoms with Crippen molar-refractivity contribution in [2.24, 2.45) is 11.3 Å². The van der Waals surface area contributed by atoms with Crippen LogP contribution >= 0.6 is 0 Å². The third kappa shape index (κ3) is 1.50. The van der Waals surface area contributed by atoms with E-state index in [2.05, 4.69) is 26.1 Å². The Bertz CT molecular complexity index is 200. The Hall–Kier alpha value is -0.0800. The summed E-state index contributed by atoms with van der Waals surface area (Å²) in [5.74, 6) is 0.713. The standard InChI is InChI=1S/C11H21NO/c1-9(2)7-12-11-8-10(11,3)5-4-6-13-11/h9,12H,4-8H2,1-3H3. The van der Waals surface area contributed by atoms with Gasteiger partial charge in [0.1, 0.15) is 5.72 Å². The van der Waals surface area contributed by atoms with Crippen LogP contribution in [0.25, 0.3) is 0 Å². The fraction of sp³-hybridized carbons (Fsp3) is 1.00. The molecular weight excluding hydrogens is 162 g/mol. The van der Waals surface area contributed by atoms with E-state index in [-0.39, 0.29) is 5.72 Å². The van der Waals surface area contributed by atoms with Gasteiger partial charge in [-0.05, 0) is 25.2 Å². The Balaban J connectivity index is 1.91. The third-order valence-electron chi connectivity index (χ3n) is 3.51. The number of hydrogen-bond donors (Lipinski definition) is 1. The highest BCUT2D eigenvalue weighted by Crippen LogP contribution is 2.61. The topological polar surface area (TPSA) is 21.3 Å². The molecule has 0 radical (unpaired) electrons. The molecule has 0 amide bonds. The van der Waals surface area contributed by atoms with Gasteiger partial charge in [0.2, 0.25) is 0 Å². The lowest BCUT2D eigenvalue weighted by Gasteiger charge is -2.29. The van der Waals surface area contributed by atoms with Gasteiger partial charge in [-0.2, -0.15) is 0 Å². The molecule has 2 unspecified atom stereocenters. The summed E-state index contributed by atoms with van der Waals surface area (Å²) < 4.78 is 5.88. The van der Waals surface area contributed by atoms with Crippen LogP contribution in [0.4, 0.5) is 0 Å². The summed E-state index contributed by atoms with van der Waals surface area (Å²) in [6.07, 6.45) is 3.78. The van der Waals surface area contributed by atoms with Crippen molar-refractivity contribution in [1.82, 2.24) is 5.32 Å². The first-order valence-corrected chi connectivity index (χ1v) is 5.47. The normalized spacial score (nSPS) is 43.4. The lowest BCUT2D eigenvalue weighted by molar-refractivity contribution is -0.0515. The van der Waals surface area contributed by atoms with Gasteiger partial charge in [0.25, 0.3) is 0 Å². The van der Waals surface area contributed by atoms with Crippen molar-refractivity contribution < 1.29 is 4.74 Å². The summed E-state index contributed by atoms with van der Waals surface area (Å²) in [6, 6.07) is 0. The molecule has 13 heavy (non-hydrogen) atoms. The second-order valence-electron chi connectivity index (χ2n) is 5.29. The van der Waals surface area contributed by atoms with Crippen molar-refractivity contribution in [3.63, 3.8) is 0 Å². The first-order chi connectivity index (χ1) is 6.08. The molecule has 0 aromatic carbocycles. The lowest BCUT2D eigenvalue weighted by atomic mass is 9.99. The van der Waals surface area contributed by atoms with E-state index in [1.807, 2.05) is 0 Å². The molecule has 2 atom stereocenters. The van der Waals surface area contributed by atoms with Gasteiger partial charge in [-0.1, -0.05) is 20.8 Å². The van der Waals surface area contributed by atoms with Crippen LogP contribution in [-0.4, -0.2) is 18.9 Å². The van der Waals surface area contributed by atoms with Gasteiger partial charge in [-0.15, -0.1) is 0 Å². The zero-order chi connectivity index (χ0) is 9.53. The van der Waals surface area contributed by atoms with Gasteiger partial charge in [0.15, 0.2) is 0 Å². The summed E-state index contributed by atoms with van der Waals surface area (Å²) in [6.45, 7) is 8.86. The quantitative estimate of drug-likeness (QED) is 0.724. The Labute approximate surface area is 81.0 Å². The smallest absolute Gasteiger partial charge is 0.125 e. The average molecular weight is 183 g/mol. The molecule has 1 heterocycles. The Morgan fingerprint density at radius 2 is 2.23 bits per heavy atom. The predicted molar refractivity (Wildman–Crippen MR) is 53.5 cm³/mol. The Morgan fingerprint density at radius 3 is 2.85 bits per heavy atom. The molecule has 76 valence electrons. The molecule has 2 heteroatoms. The fourth-order valence-electron chi connectivity index (χ4n) is 2.43. The number of hydrogen-bond acceptors (Lipinski definition) is 2. The SMILES string of the molecule is CC(C)CNC12CC1(C)CCCO2. The average Bonchev–Trinajstić information content (AvgIpc) is 2.68. The maximum Gasteiger partial charge on any atom is 0.125 e. The number of nitrogens with one attached hydrogen (secondary N) is 1. The minimum atomic E-state index is 0.0650. The molecule has 1 N–H and O–H groups in total. The first kappa shape index (κ1) is 9.47. The largest absolute Gasteiger partial charge is 0.360 e. The minimum absolute atomic E-state index is 0.0650. The first-order valence-electron chi connectivity index (χ1n) is 5.47. The molecule has 1 saturated carbocycles. The van der Waals surface area contributed by atoms with Crippen LogP contribution in [0.3, 0.4) is 0 Å². The van der Waals surface area contributed by atoms with E-state index in [0.717, 1.165) is 13.2 Å². The van der Waals surface area contributed by atoms with Gasteiger partial charge in [0, 0.05) is 18.6 Å². The highest BCUT2D eigenvalue weighted by Gasteiger charge is 2.66. The van der Waals surface area contributed by atoms with Gasteiger partial charge in [-0.3, -0.25) is 5.32 Å². The van der Waals surface area contributed by atoms with Crippen molar-refractivity contribution in [2.45, 2.75) is 45.8 Å². The van der Waals surface area contributed by atoms with E-state index in [1.165, 1.54) is 19.3 Å². The van der Waals surface area contributed by atoms with Gasteiger partial charge in [-0.25, -0.2) is 0 Å². The minimum Gasteiger partial charge on any atom is -0.360 e. The van der Waals surface area contributed by atoms with E-state index in [1.54, 1.807) is 0 Å². The van der Waals surface area contributed by atoms with Crippen molar-refractivity contribution in [1.29, 1.82) is 0 Å². The maximum absolute atomic E-state index is 5.88. The summed E-state index contributed by atoms with van der Waals surface area (Å²) >= 11 is 0. The molecule has 0 spiro atoms. The summed E-state index contributed by atoms with van der Waals surface area (Å²) in [5.41, 5.74) is 0.510. The van der Waals surface area contributed by atoms with E-state index < -0.39 is 0 Å². The number of fused-ring (bicyclic) bond motifs is 1. The lowest BCUT2D eigenvalue weighted by Crippen LogP contribution is -2.43. The van der Waals surface area contributed by atoms with E-state index in [0.29, 0.717) is 11.3 Å². The van der Waals surface area contributed by atoms with E-state index >= 15 is 0 Å².